The lowest BCUT2D eigenvalue weighted by Crippen LogP contribution is -2.41. The molecular formula is C29H42N6O5S. The molecule has 0 spiro atoms. The largest absolute Gasteiger partial charge is 0.453 e. The molecule has 3 heterocycles. The molecule has 11 nitrogen and oxygen atoms in total. The van der Waals surface area contributed by atoms with E-state index in [-0.39, 0.29) is 17.9 Å². The van der Waals surface area contributed by atoms with Crippen LogP contribution in [0.15, 0.2) is 30.5 Å². The molecule has 2 aromatic rings. The van der Waals surface area contributed by atoms with Gasteiger partial charge in [0, 0.05) is 31.2 Å². The molecule has 4 N–H and O–H groups in total. The summed E-state index contributed by atoms with van der Waals surface area (Å²) in [6, 6.07) is 7.24. The minimum atomic E-state index is -3.19. The van der Waals surface area contributed by atoms with Crippen LogP contribution >= 0.6 is 0 Å². The Labute approximate surface area is 242 Å². The second kappa shape index (κ2) is 12.5. The van der Waals surface area contributed by atoms with Crippen LogP contribution in [-0.2, 0) is 19.6 Å². The van der Waals surface area contributed by atoms with Crippen LogP contribution in [0.25, 0.3) is 11.3 Å². The highest BCUT2D eigenvalue weighted by Gasteiger charge is 2.44. The second-order valence-electron chi connectivity index (χ2n) is 11.8. The maximum atomic E-state index is 13.9. The number of likely N-dealkylation sites (tertiary alicyclic amines) is 1. The van der Waals surface area contributed by atoms with Crippen LogP contribution in [-0.4, -0.2) is 79.1 Å². The van der Waals surface area contributed by atoms with Crippen molar-refractivity contribution in [2.24, 2.45) is 29.4 Å². The third-order valence-electron chi connectivity index (χ3n) is 9.32. The van der Waals surface area contributed by atoms with Crippen LogP contribution in [0.5, 0.6) is 0 Å². The minimum Gasteiger partial charge on any atom is -0.453 e. The molecule has 12 heteroatoms. The van der Waals surface area contributed by atoms with E-state index in [1.807, 2.05) is 17.0 Å². The van der Waals surface area contributed by atoms with Crippen LogP contribution in [0.3, 0.4) is 0 Å². The highest BCUT2D eigenvalue weighted by atomic mass is 32.2. The number of benzene rings is 1. The van der Waals surface area contributed by atoms with Crippen LogP contribution in [0, 0.1) is 23.7 Å². The van der Waals surface area contributed by atoms with Gasteiger partial charge in [0.25, 0.3) is 0 Å². The molecule has 1 unspecified atom stereocenters. The van der Waals surface area contributed by atoms with Crippen LogP contribution in [0.1, 0.15) is 56.8 Å². The summed E-state index contributed by atoms with van der Waals surface area (Å²) < 4.78 is 30.3. The average Bonchev–Trinajstić information content (AvgIpc) is 3.65. The molecule has 3 fully saturated rings. The smallest absolute Gasteiger partial charge is 0.411 e. The number of imidazole rings is 1. The molecule has 1 aliphatic carbocycles. The van der Waals surface area contributed by atoms with Crippen molar-refractivity contribution >= 4 is 27.7 Å². The Balaban J connectivity index is 1.33. The second-order valence-corrected chi connectivity index (χ2v) is 13.8. The molecule has 5 rings (SSSR count). The quantitative estimate of drug-likeness (QED) is 0.449. The summed E-state index contributed by atoms with van der Waals surface area (Å²) in [5.74, 6) is 2.15. The fraction of sp³-hybridized carbons (Fsp3) is 0.621. The standard InChI is InChI=1S/C29H42N6O5S/c1-40-29(37)32-24-9-7-21(8-10-24)25-17-31-27(33-25)26-15-23(20-11-13-34(14-12-20)41(2,38)39)18-35(26)28(36)22-5-3-19(16-30)4-6-22/h7-10,17,19-20,22-23,26H,3-6,11-16,18,30H2,1-2H3,(H,31,33)(H,32,37)/t19-,22-,23?,26-/m0/s1. The van der Waals surface area contributed by atoms with E-state index in [0.717, 1.165) is 62.0 Å². The number of carbonyl (C=O) groups excluding carboxylic acids is 2. The number of anilines is 1. The fourth-order valence-electron chi connectivity index (χ4n) is 6.83. The summed E-state index contributed by atoms with van der Waals surface area (Å²) in [6.07, 6.45) is 8.69. The predicted molar refractivity (Wildman–Crippen MR) is 156 cm³/mol. The number of rotatable bonds is 7. The van der Waals surface area contributed by atoms with E-state index in [2.05, 4.69) is 15.0 Å². The predicted octanol–water partition coefficient (Wildman–Crippen LogP) is 3.58. The summed E-state index contributed by atoms with van der Waals surface area (Å²) in [6.45, 7) is 2.42. The Bertz CT molecular complexity index is 1310. The summed E-state index contributed by atoms with van der Waals surface area (Å²) in [5, 5.41) is 2.65. The maximum Gasteiger partial charge on any atom is 0.411 e. The van der Waals surface area contributed by atoms with Gasteiger partial charge in [0.05, 0.1) is 31.3 Å². The number of piperidine rings is 1. The van der Waals surface area contributed by atoms with E-state index in [0.29, 0.717) is 49.6 Å². The van der Waals surface area contributed by atoms with Crippen molar-refractivity contribution in [2.75, 3.05) is 44.9 Å². The zero-order valence-electron chi connectivity index (χ0n) is 23.9. The van der Waals surface area contributed by atoms with E-state index in [1.54, 1.807) is 22.6 Å². The lowest BCUT2D eigenvalue weighted by Gasteiger charge is -2.34. The molecule has 2 atom stereocenters. The molecule has 41 heavy (non-hydrogen) atoms. The lowest BCUT2D eigenvalue weighted by molar-refractivity contribution is -0.138. The first-order valence-corrected chi connectivity index (χ1v) is 16.5. The first-order chi connectivity index (χ1) is 19.7. The number of carbonyl (C=O) groups is 2. The van der Waals surface area contributed by atoms with Gasteiger partial charge in [-0.3, -0.25) is 10.1 Å². The lowest BCUT2D eigenvalue weighted by atomic mass is 9.81. The van der Waals surface area contributed by atoms with E-state index in [9.17, 15) is 18.0 Å². The molecule has 0 bridgehead atoms. The topological polar surface area (TPSA) is 151 Å². The molecule has 1 aromatic heterocycles. The number of ether oxygens (including phenoxy) is 1. The summed E-state index contributed by atoms with van der Waals surface area (Å²) in [7, 11) is -1.87. The van der Waals surface area contributed by atoms with Gasteiger partial charge in [-0.1, -0.05) is 12.1 Å². The number of amides is 2. The van der Waals surface area contributed by atoms with Crippen molar-refractivity contribution in [1.29, 1.82) is 0 Å². The van der Waals surface area contributed by atoms with Gasteiger partial charge in [-0.25, -0.2) is 22.5 Å². The van der Waals surface area contributed by atoms with Crippen molar-refractivity contribution in [3.63, 3.8) is 0 Å². The highest BCUT2D eigenvalue weighted by Crippen LogP contribution is 2.43. The number of sulfonamides is 1. The summed E-state index contributed by atoms with van der Waals surface area (Å²) >= 11 is 0. The van der Waals surface area contributed by atoms with Gasteiger partial charge in [-0.05, 0) is 86.9 Å². The van der Waals surface area contributed by atoms with Gasteiger partial charge in [0.15, 0.2) is 0 Å². The summed E-state index contributed by atoms with van der Waals surface area (Å²) in [4.78, 5) is 35.7. The third kappa shape index (κ3) is 6.76. The van der Waals surface area contributed by atoms with Gasteiger partial charge >= 0.3 is 6.09 Å². The zero-order valence-corrected chi connectivity index (χ0v) is 24.7. The van der Waals surface area contributed by atoms with Crippen molar-refractivity contribution < 1.29 is 22.7 Å². The van der Waals surface area contributed by atoms with Crippen LogP contribution in [0.2, 0.25) is 0 Å². The molecule has 224 valence electrons. The number of aromatic amines is 1. The Morgan fingerprint density at radius 1 is 1.07 bits per heavy atom. The Morgan fingerprint density at radius 2 is 1.76 bits per heavy atom. The number of nitrogens with two attached hydrogens (primary N) is 1. The molecule has 0 radical (unpaired) electrons. The molecule has 1 saturated carbocycles. The SMILES string of the molecule is COC(=O)Nc1ccc(-c2cnc([C@@H]3CC(C4CCN(S(C)(=O)=O)CC4)CN3C(=O)[C@H]3CC[C@H](CN)CC3)[nH]2)cc1. The van der Waals surface area contributed by atoms with E-state index >= 15 is 0 Å². The fourth-order valence-corrected chi connectivity index (χ4v) is 7.70. The zero-order chi connectivity index (χ0) is 29.1. The number of nitrogens with one attached hydrogen (secondary N) is 2. The van der Waals surface area contributed by atoms with Gasteiger partial charge in [0.1, 0.15) is 5.82 Å². The number of hydrogen-bond donors (Lipinski definition) is 3. The van der Waals surface area contributed by atoms with Gasteiger partial charge < -0.3 is 20.4 Å². The molecule has 3 aliphatic rings. The maximum absolute atomic E-state index is 13.9. The number of methoxy groups -OCH3 is 1. The van der Waals surface area contributed by atoms with Crippen LogP contribution in [0.4, 0.5) is 10.5 Å². The van der Waals surface area contributed by atoms with E-state index in [1.165, 1.54) is 13.4 Å². The molecule has 1 aromatic carbocycles. The highest BCUT2D eigenvalue weighted by molar-refractivity contribution is 7.88. The van der Waals surface area contributed by atoms with Crippen molar-refractivity contribution in [1.82, 2.24) is 19.2 Å². The monoisotopic (exact) mass is 586 g/mol. The Morgan fingerprint density at radius 3 is 2.37 bits per heavy atom. The van der Waals surface area contributed by atoms with E-state index in [4.69, 9.17) is 10.7 Å². The minimum absolute atomic E-state index is 0.00965. The van der Waals surface area contributed by atoms with Gasteiger partial charge in [-0.2, -0.15) is 0 Å². The summed E-state index contributed by atoms with van der Waals surface area (Å²) in [5.41, 5.74) is 8.28. The first kappa shape index (κ1) is 29.5. The van der Waals surface area contributed by atoms with Crippen molar-refractivity contribution in [3.8, 4) is 11.3 Å². The van der Waals surface area contributed by atoms with E-state index < -0.39 is 16.1 Å². The van der Waals surface area contributed by atoms with Crippen molar-refractivity contribution in [2.45, 2.75) is 51.0 Å². The molecular weight excluding hydrogens is 544 g/mol. The van der Waals surface area contributed by atoms with Crippen molar-refractivity contribution in [3.05, 3.63) is 36.3 Å². The Kier molecular flexibility index (Phi) is 9.00. The number of nitrogens with zero attached hydrogens (tertiary/aromatic N) is 3. The molecule has 2 amide bonds. The third-order valence-corrected chi connectivity index (χ3v) is 10.6. The van der Waals surface area contributed by atoms with Crippen LogP contribution < -0.4 is 11.1 Å². The first-order valence-electron chi connectivity index (χ1n) is 14.6. The van der Waals surface area contributed by atoms with Gasteiger partial charge in [-0.15, -0.1) is 0 Å². The number of hydrogen-bond acceptors (Lipinski definition) is 7. The molecule has 2 saturated heterocycles. The van der Waals surface area contributed by atoms with Gasteiger partial charge in [0.2, 0.25) is 15.9 Å². The number of H-pyrrole nitrogens is 1. The normalized spacial score (nSPS) is 26.2. The number of aromatic nitrogens is 2. The molecule has 2 aliphatic heterocycles. The average molecular weight is 587 g/mol. The Hall–Kier alpha value is -2.96.